The van der Waals surface area contributed by atoms with Crippen LogP contribution >= 0.6 is 0 Å². The Morgan fingerprint density at radius 3 is 2.00 bits per heavy atom. The molecule has 8 nitrogen and oxygen atoms in total. The van der Waals surface area contributed by atoms with Gasteiger partial charge in [-0.25, -0.2) is 0 Å². The van der Waals surface area contributed by atoms with Crippen molar-refractivity contribution in [3.8, 4) is 17.2 Å². The molecule has 0 aliphatic heterocycles. The molecule has 0 saturated heterocycles. The number of esters is 1. The molecule has 2 N–H and O–H groups in total. The Labute approximate surface area is 191 Å². The van der Waals surface area contributed by atoms with E-state index in [-0.39, 0.29) is 18.7 Å². The fourth-order valence-corrected chi connectivity index (χ4v) is 2.81. The smallest absolute Gasteiger partial charge is 0.306 e. The molecule has 3 aromatic carbocycles. The summed E-state index contributed by atoms with van der Waals surface area (Å²) in [6.07, 6.45) is -0.210. The lowest BCUT2D eigenvalue weighted by Gasteiger charge is -2.11. The Morgan fingerprint density at radius 1 is 0.697 bits per heavy atom. The van der Waals surface area contributed by atoms with Gasteiger partial charge in [0.05, 0.1) is 13.5 Å². The molecule has 2 amide bonds. The van der Waals surface area contributed by atoms with E-state index in [4.69, 9.17) is 14.2 Å². The summed E-state index contributed by atoms with van der Waals surface area (Å²) in [5.74, 6) is 0.337. The number of ether oxygens (including phenoxy) is 3. The van der Waals surface area contributed by atoms with E-state index >= 15 is 0 Å². The molecule has 3 aromatic rings. The van der Waals surface area contributed by atoms with Gasteiger partial charge in [0.1, 0.15) is 5.75 Å². The second-order valence-electron chi connectivity index (χ2n) is 6.90. The van der Waals surface area contributed by atoms with Crippen molar-refractivity contribution in [3.63, 3.8) is 0 Å². The zero-order valence-electron chi connectivity index (χ0n) is 18.1. The zero-order chi connectivity index (χ0) is 23.5. The first-order chi connectivity index (χ1) is 16.0. The van der Waals surface area contributed by atoms with Gasteiger partial charge in [-0.3, -0.25) is 14.4 Å². The lowest BCUT2D eigenvalue weighted by molar-refractivity contribution is -0.147. The van der Waals surface area contributed by atoms with Crippen molar-refractivity contribution in [1.82, 2.24) is 0 Å². The van der Waals surface area contributed by atoms with Gasteiger partial charge in [-0.15, -0.1) is 0 Å². The third-order valence-corrected chi connectivity index (χ3v) is 4.41. The minimum atomic E-state index is -0.631. The van der Waals surface area contributed by atoms with Crippen molar-refractivity contribution in [1.29, 1.82) is 0 Å². The third kappa shape index (κ3) is 7.70. The molecule has 8 heteroatoms. The molecule has 0 atom stereocenters. The Morgan fingerprint density at radius 2 is 1.30 bits per heavy atom. The van der Waals surface area contributed by atoms with Gasteiger partial charge in [-0.05, 0) is 48.5 Å². The minimum Gasteiger partial charge on any atom is -0.493 e. The molecule has 0 bridgehead atoms. The number of carbonyl (C=O) groups is 3. The number of anilines is 2. The molecular weight excluding hydrogens is 424 g/mol. The van der Waals surface area contributed by atoms with Crippen LogP contribution in [0.2, 0.25) is 0 Å². The van der Waals surface area contributed by atoms with Gasteiger partial charge in [0.2, 0.25) is 5.91 Å². The van der Waals surface area contributed by atoms with E-state index in [1.807, 2.05) is 18.2 Å². The monoisotopic (exact) mass is 448 g/mol. The normalized spacial score (nSPS) is 10.1. The predicted molar refractivity (Wildman–Crippen MR) is 123 cm³/mol. The number of hydrogen-bond acceptors (Lipinski definition) is 6. The minimum absolute atomic E-state index is 0.0708. The van der Waals surface area contributed by atoms with E-state index in [1.165, 1.54) is 0 Å². The topological polar surface area (TPSA) is 103 Å². The van der Waals surface area contributed by atoms with Gasteiger partial charge in [0.15, 0.2) is 18.1 Å². The molecule has 0 saturated carbocycles. The lowest BCUT2D eigenvalue weighted by Crippen LogP contribution is -2.21. The fraction of sp³-hybridized carbons (Fsp3) is 0.160. The third-order valence-electron chi connectivity index (χ3n) is 4.41. The second-order valence-corrected chi connectivity index (χ2v) is 6.90. The summed E-state index contributed by atoms with van der Waals surface area (Å²) in [4.78, 5) is 35.7. The number of amides is 2. The molecule has 0 aliphatic rings. The number of methoxy groups -OCH3 is 1. The maximum absolute atomic E-state index is 12.1. The van der Waals surface area contributed by atoms with Crippen LogP contribution in [0.3, 0.4) is 0 Å². The van der Waals surface area contributed by atoms with E-state index in [1.54, 1.807) is 67.8 Å². The molecule has 0 unspecified atom stereocenters. The molecule has 0 aromatic heterocycles. The second kappa shape index (κ2) is 11.9. The van der Waals surface area contributed by atoms with Crippen LogP contribution in [0.25, 0.3) is 0 Å². The molecular formula is C25H24N2O6. The Hall–Kier alpha value is -4.33. The van der Waals surface area contributed by atoms with Crippen LogP contribution < -0.4 is 20.1 Å². The first-order valence-electron chi connectivity index (χ1n) is 10.2. The molecule has 170 valence electrons. The van der Waals surface area contributed by atoms with Gasteiger partial charge in [0, 0.05) is 17.8 Å². The first-order valence-corrected chi connectivity index (χ1v) is 10.2. The van der Waals surface area contributed by atoms with Gasteiger partial charge in [0.25, 0.3) is 5.91 Å². The van der Waals surface area contributed by atoms with Crippen LogP contribution in [0.4, 0.5) is 11.4 Å². The van der Waals surface area contributed by atoms with Crippen molar-refractivity contribution in [3.05, 3.63) is 78.9 Å². The number of rotatable bonds is 10. The molecule has 0 radical (unpaired) electrons. The predicted octanol–water partition coefficient (Wildman–Crippen LogP) is 4.39. The largest absolute Gasteiger partial charge is 0.493 e. The number of carbonyl (C=O) groups excluding carboxylic acids is 3. The summed E-state index contributed by atoms with van der Waals surface area (Å²) >= 11 is 0. The summed E-state index contributed by atoms with van der Waals surface area (Å²) in [5, 5.41) is 5.31. The zero-order valence-corrected chi connectivity index (χ0v) is 18.1. The fourth-order valence-electron chi connectivity index (χ4n) is 2.81. The standard InChI is InChI=1S/C25H24N2O6/c1-31-21-9-5-6-10-22(21)33-20-13-11-19(12-14-20)26-23(28)15-16-25(30)32-17-24(29)27-18-7-3-2-4-8-18/h2-14H,15-17H2,1H3,(H,26,28)(H,27,29). The van der Waals surface area contributed by atoms with E-state index < -0.39 is 18.5 Å². The Balaban J connectivity index is 1.38. The summed E-state index contributed by atoms with van der Waals surface area (Å²) < 4.78 is 16.0. The molecule has 0 fully saturated rings. The van der Waals surface area contributed by atoms with Crippen molar-refractivity contribution < 1.29 is 28.6 Å². The quantitative estimate of drug-likeness (QED) is 0.446. The van der Waals surface area contributed by atoms with Gasteiger partial charge >= 0.3 is 5.97 Å². The summed E-state index contributed by atoms with van der Waals surface area (Å²) in [6.45, 7) is -0.414. The summed E-state index contributed by atoms with van der Waals surface area (Å²) in [5.41, 5.74) is 1.17. The highest BCUT2D eigenvalue weighted by Gasteiger charge is 2.11. The van der Waals surface area contributed by atoms with Crippen LogP contribution in [0, 0.1) is 0 Å². The van der Waals surface area contributed by atoms with E-state index in [0.29, 0.717) is 28.6 Å². The molecule has 33 heavy (non-hydrogen) atoms. The highest BCUT2D eigenvalue weighted by atomic mass is 16.5. The molecule has 0 aliphatic carbocycles. The SMILES string of the molecule is COc1ccccc1Oc1ccc(NC(=O)CCC(=O)OCC(=O)Nc2ccccc2)cc1. The van der Waals surface area contributed by atoms with E-state index in [9.17, 15) is 14.4 Å². The van der Waals surface area contributed by atoms with Gasteiger partial charge in [-0.2, -0.15) is 0 Å². The highest BCUT2D eigenvalue weighted by molar-refractivity contribution is 5.94. The van der Waals surface area contributed by atoms with Crippen molar-refractivity contribution in [2.24, 2.45) is 0 Å². The van der Waals surface area contributed by atoms with Crippen LogP contribution in [0.15, 0.2) is 78.9 Å². The molecule has 0 heterocycles. The maximum Gasteiger partial charge on any atom is 0.306 e. The van der Waals surface area contributed by atoms with Gasteiger partial charge in [-0.1, -0.05) is 30.3 Å². The van der Waals surface area contributed by atoms with Crippen LogP contribution in [-0.4, -0.2) is 31.5 Å². The van der Waals surface area contributed by atoms with Crippen molar-refractivity contribution >= 4 is 29.2 Å². The number of hydrogen-bond donors (Lipinski definition) is 2. The Kier molecular flexibility index (Phi) is 8.41. The molecule has 0 spiro atoms. The number of benzene rings is 3. The van der Waals surface area contributed by atoms with E-state index in [0.717, 1.165) is 0 Å². The van der Waals surface area contributed by atoms with Crippen molar-refractivity contribution in [2.75, 3.05) is 24.4 Å². The summed E-state index contributed by atoms with van der Waals surface area (Å²) in [6, 6.07) is 22.9. The van der Waals surface area contributed by atoms with Crippen LogP contribution in [0.5, 0.6) is 17.2 Å². The average Bonchev–Trinajstić information content (AvgIpc) is 2.83. The average molecular weight is 448 g/mol. The first kappa shape index (κ1) is 23.3. The number of nitrogens with one attached hydrogen (secondary N) is 2. The van der Waals surface area contributed by atoms with Crippen molar-refractivity contribution in [2.45, 2.75) is 12.8 Å². The van der Waals surface area contributed by atoms with Crippen LogP contribution in [0.1, 0.15) is 12.8 Å². The summed E-state index contributed by atoms with van der Waals surface area (Å²) in [7, 11) is 1.57. The Bertz CT molecular complexity index is 1080. The van der Waals surface area contributed by atoms with E-state index in [2.05, 4.69) is 10.6 Å². The highest BCUT2D eigenvalue weighted by Crippen LogP contribution is 2.31. The maximum atomic E-state index is 12.1. The lowest BCUT2D eigenvalue weighted by atomic mass is 10.2. The number of para-hydroxylation sites is 3. The van der Waals surface area contributed by atoms with Crippen LogP contribution in [-0.2, 0) is 19.1 Å². The molecule has 3 rings (SSSR count). The van der Waals surface area contributed by atoms with Gasteiger partial charge < -0.3 is 24.8 Å².